The molecule has 0 aromatic heterocycles. The van der Waals surface area contributed by atoms with E-state index in [9.17, 15) is 26.5 Å². The minimum absolute atomic E-state index is 0.332. The average Bonchev–Trinajstić information content (AvgIpc) is 2.59. The van der Waals surface area contributed by atoms with Gasteiger partial charge in [-0.25, -0.2) is 13.6 Å². The van der Waals surface area contributed by atoms with Gasteiger partial charge in [-0.15, -0.1) is 0 Å². The lowest BCUT2D eigenvalue weighted by Gasteiger charge is -2.19. The summed E-state index contributed by atoms with van der Waals surface area (Å²) >= 11 is 0. The summed E-state index contributed by atoms with van der Waals surface area (Å²) in [6, 6.07) is 4.39. The van der Waals surface area contributed by atoms with E-state index in [4.69, 9.17) is 14.9 Å². The van der Waals surface area contributed by atoms with Crippen LogP contribution in [-0.2, 0) is 10.0 Å². The van der Waals surface area contributed by atoms with Gasteiger partial charge in [-0.1, -0.05) is 15.1 Å². The molecule has 140 valence electrons. The predicted molar refractivity (Wildman–Crippen MR) is 83.1 cm³/mol. The monoisotopic (exact) mass is 391 g/mol. The highest BCUT2D eigenvalue weighted by Crippen LogP contribution is 2.36. The molecule has 0 bridgehead atoms. The van der Waals surface area contributed by atoms with Crippen LogP contribution in [0, 0.1) is 11.6 Å². The van der Waals surface area contributed by atoms with Crippen molar-refractivity contribution >= 4 is 21.7 Å². The molecule has 0 aliphatic carbocycles. The number of ether oxygens (including phenoxy) is 1. The third kappa shape index (κ3) is 3.73. The lowest BCUT2D eigenvalue weighted by atomic mass is 10.2. The number of carbonyl (C=O) groups is 1. The molecule has 0 aliphatic heterocycles. The second kappa shape index (κ2) is 7.62. The van der Waals surface area contributed by atoms with Crippen molar-refractivity contribution in [2.45, 2.75) is 4.90 Å². The van der Waals surface area contributed by atoms with Crippen molar-refractivity contribution in [1.82, 2.24) is 0 Å². The number of sulfonamides is 1. The molecule has 0 aliphatic rings. The maximum atomic E-state index is 14.7. The van der Waals surface area contributed by atoms with E-state index < -0.39 is 67.3 Å². The van der Waals surface area contributed by atoms with E-state index in [2.05, 4.69) is 0 Å². The Bertz CT molecular complexity index is 935. The number of anilines is 1. The van der Waals surface area contributed by atoms with E-state index in [0.29, 0.717) is 18.2 Å². The van der Waals surface area contributed by atoms with E-state index in [1.165, 1.54) is 0 Å². The number of para-hydroxylation sites is 1. The Kier molecular flexibility index (Phi) is 5.73. The molecule has 11 heteroatoms. The number of hydrogen-bond acceptors (Lipinski definition) is 5. The van der Waals surface area contributed by atoms with Gasteiger partial charge in [0.1, 0.15) is 23.0 Å². The van der Waals surface area contributed by atoms with Gasteiger partial charge >= 0.3 is 5.97 Å². The summed E-state index contributed by atoms with van der Waals surface area (Å²) in [5.74, 6) is -4.78. The maximum absolute atomic E-state index is 14.7. The number of carboxylic acid groups (broad SMARTS) is 1. The van der Waals surface area contributed by atoms with Crippen LogP contribution in [0.5, 0.6) is 5.75 Å². The Morgan fingerprint density at radius 2 is 1.88 bits per heavy atom. The van der Waals surface area contributed by atoms with E-state index in [-0.39, 0.29) is 0 Å². The fourth-order valence-electron chi connectivity index (χ4n) is 2.03. The molecular weight excluding hydrogens is 379 g/mol. The highest BCUT2D eigenvalue weighted by Gasteiger charge is 2.33. The van der Waals surface area contributed by atoms with E-state index in [1.807, 2.05) is 0 Å². The average molecular weight is 391 g/mol. The van der Waals surface area contributed by atoms with E-state index in [1.54, 1.807) is 0 Å². The fourth-order valence-corrected chi connectivity index (χ4v) is 3.30. The molecule has 2 rings (SSSR count). The van der Waals surface area contributed by atoms with Gasteiger partial charge in [0.2, 0.25) is 0 Å². The van der Waals surface area contributed by atoms with Gasteiger partial charge in [0.25, 0.3) is 10.0 Å². The first-order chi connectivity index (χ1) is 12.2. The van der Waals surface area contributed by atoms with Gasteiger partial charge in [-0.05, 0) is 30.3 Å². The largest absolute Gasteiger partial charge is 0.486 e. The third-order valence-electron chi connectivity index (χ3n) is 3.14. The topological polar surface area (TPSA) is 104 Å². The first-order valence-corrected chi connectivity index (χ1v) is 8.40. The number of halogens is 3. The van der Waals surface area contributed by atoms with Crippen molar-refractivity contribution in [1.29, 1.82) is 0 Å². The summed E-state index contributed by atoms with van der Waals surface area (Å²) < 4.78 is 70.7. The molecule has 0 unspecified atom stereocenters. The first-order valence-electron chi connectivity index (χ1n) is 6.96. The molecule has 0 atom stereocenters. The van der Waals surface area contributed by atoms with Crippen LogP contribution in [0.3, 0.4) is 0 Å². The highest BCUT2D eigenvalue weighted by molar-refractivity contribution is 7.92. The third-order valence-corrected chi connectivity index (χ3v) is 4.65. The molecule has 0 heterocycles. The molecule has 0 saturated carbocycles. The lowest BCUT2D eigenvalue weighted by molar-refractivity contribution is 0.0692. The number of hydrogen-bond donors (Lipinski definition) is 2. The Hall–Kier alpha value is -2.79. The minimum Gasteiger partial charge on any atom is -0.486 e. The smallest absolute Gasteiger partial charge is 0.337 e. The summed E-state index contributed by atoms with van der Waals surface area (Å²) in [7, 11) is -5.22. The van der Waals surface area contributed by atoms with Crippen LogP contribution in [0.2, 0.25) is 0 Å². The first kappa shape index (κ1) is 19.5. The van der Waals surface area contributed by atoms with Crippen LogP contribution < -0.4 is 9.26 Å². The van der Waals surface area contributed by atoms with Crippen molar-refractivity contribution < 1.29 is 41.4 Å². The van der Waals surface area contributed by atoms with Crippen LogP contribution in [0.1, 0.15) is 10.4 Å². The molecule has 0 radical (unpaired) electrons. The SMILES string of the molecule is O=C(O)c1ccc(F)cc1S(=O)(=O)N(F)c1cccc(F)c1OCCO. The second-order valence-electron chi connectivity index (χ2n) is 4.83. The zero-order chi connectivity index (χ0) is 19.5. The summed E-state index contributed by atoms with van der Waals surface area (Å²) in [4.78, 5) is 10.00. The maximum Gasteiger partial charge on any atom is 0.337 e. The van der Waals surface area contributed by atoms with E-state index >= 15 is 0 Å². The molecule has 2 aromatic rings. The summed E-state index contributed by atoms with van der Waals surface area (Å²) in [5, 5.41) is 17.8. The predicted octanol–water partition coefficient (Wildman–Crippen LogP) is 2.11. The lowest BCUT2D eigenvalue weighted by Crippen LogP contribution is -2.25. The number of rotatable bonds is 7. The number of aromatic carboxylic acids is 1. The van der Waals surface area contributed by atoms with Gasteiger partial charge in [0.05, 0.1) is 12.2 Å². The quantitative estimate of drug-likeness (QED) is 0.701. The van der Waals surface area contributed by atoms with Crippen molar-refractivity contribution in [2.24, 2.45) is 0 Å². The molecule has 26 heavy (non-hydrogen) atoms. The molecular formula is C15H12F3NO6S. The summed E-state index contributed by atoms with van der Waals surface area (Å²) in [6.45, 7) is -1.01. The number of aliphatic hydroxyl groups excluding tert-OH is 1. The van der Waals surface area contributed by atoms with Crippen LogP contribution in [-0.4, -0.2) is 37.8 Å². The Balaban J connectivity index is 2.60. The second-order valence-corrected chi connectivity index (χ2v) is 6.54. The zero-order valence-corrected chi connectivity index (χ0v) is 13.7. The van der Waals surface area contributed by atoms with Gasteiger partial charge in [-0.3, -0.25) is 0 Å². The normalized spacial score (nSPS) is 11.2. The van der Waals surface area contributed by atoms with Crippen molar-refractivity contribution in [3.63, 3.8) is 0 Å². The highest BCUT2D eigenvalue weighted by atomic mass is 32.2. The molecule has 0 fully saturated rings. The summed E-state index contributed by atoms with van der Waals surface area (Å²) in [5.41, 5.74) is -1.78. The molecule has 0 amide bonds. The van der Waals surface area contributed by atoms with Crippen molar-refractivity contribution in [3.8, 4) is 5.75 Å². The van der Waals surface area contributed by atoms with Crippen LogP contribution in [0.15, 0.2) is 41.3 Å². The number of nitrogens with zero attached hydrogens (tertiary/aromatic N) is 1. The van der Waals surface area contributed by atoms with E-state index in [0.717, 1.165) is 18.2 Å². The van der Waals surface area contributed by atoms with Crippen molar-refractivity contribution in [3.05, 3.63) is 53.6 Å². The number of aliphatic hydroxyl groups is 1. The van der Waals surface area contributed by atoms with Crippen LogP contribution >= 0.6 is 0 Å². The molecule has 2 aromatic carbocycles. The molecule has 0 spiro atoms. The van der Waals surface area contributed by atoms with Crippen molar-refractivity contribution in [2.75, 3.05) is 17.7 Å². The van der Waals surface area contributed by atoms with Gasteiger partial charge in [0, 0.05) is 0 Å². The molecule has 2 N–H and O–H groups in total. The number of carboxylic acids is 1. The van der Waals surface area contributed by atoms with Gasteiger partial charge < -0.3 is 14.9 Å². The number of benzene rings is 2. The van der Waals surface area contributed by atoms with Gasteiger partial charge in [0.15, 0.2) is 11.6 Å². The summed E-state index contributed by atoms with van der Waals surface area (Å²) in [6.07, 6.45) is 0. The molecule has 7 nitrogen and oxygen atoms in total. The van der Waals surface area contributed by atoms with Crippen LogP contribution in [0.25, 0.3) is 0 Å². The fraction of sp³-hybridized carbons (Fsp3) is 0.133. The minimum atomic E-state index is -5.22. The Morgan fingerprint density at radius 1 is 1.19 bits per heavy atom. The Morgan fingerprint density at radius 3 is 2.50 bits per heavy atom. The van der Waals surface area contributed by atoms with Gasteiger partial charge in [-0.2, -0.15) is 8.42 Å². The van der Waals surface area contributed by atoms with Crippen LogP contribution in [0.4, 0.5) is 18.9 Å². The Labute approximate surface area is 145 Å². The zero-order valence-electron chi connectivity index (χ0n) is 12.9. The molecule has 0 saturated heterocycles. The standard InChI is InChI=1S/C15H12F3NO6S/c16-9-4-5-10(15(21)22)13(8-9)26(23,24)19(18)12-3-1-2-11(17)14(12)25-7-6-20/h1-5,8,20H,6-7H2,(H,21,22).